The molecule has 100 valence electrons. The van der Waals surface area contributed by atoms with Crippen molar-refractivity contribution in [3.8, 4) is 5.75 Å². The van der Waals surface area contributed by atoms with Crippen molar-refractivity contribution in [2.45, 2.75) is 13.0 Å². The van der Waals surface area contributed by atoms with Crippen LogP contribution in [0.3, 0.4) is 0 Å². The predicted octanol–water partition coefficient (Wildman–Crippen LogP) is 3.71. The molecule has 0 aliphatic carbocycles. The van der Waals surface area contributed by atoms with Crippen LogP contribution in [0.25, 0.3) is 10.9 Å². The van der Waals surface area contributed by atoms with Crippen molar-refractivity contribution in [2.24, 2.45) is 0 Å². The van der Waals surface area contributed by atoms with Crippen LogP contribution in [0, 0.1) is 0 Å². The summed E-state index contributed by atoms with van der Waals surface area (Å²) < 4.78 is 5.53. The zero-order valence-electron chi connectivity index (χ0n) is 11.1. The summed E-state index contributed by atoms with van der Waals surface area (Å²) in [5.41, 5.74) is 4.95. The van der Waals surface area contributed by atoms with E-state index in [1.807, 2.05) is 6.20 Å². The Bertz CT molecular complexity index is 761. The average molecular weight is 264 g/mol. The highest BCUT2D eigenvalue weighted by Crippen LogP contribution is 2.28. The van der Waals surface area contributed by atoms with E-state index >= 15 is 0 Å². The molecule has 0 amide bonds. The zero-order chi connectivity index (χ0) is 13.4. The summed E-state index contributed by atoms with van der Waals surface area (Å²) >= 11 is 0. The molecule has 2 heterocycles. The van der Waals surface area contributed by atoms with Crippen LogP contribution in [0.5, 0.6) is 5.75 Å². The predicted molar refractivity (Wildman–Crippen MR) is 81.3 cm³/mol. The van der Waals surface area contributed by atoms with Crippen LogP contribution in [0.1, 0.15) is 11.1 Å². The smallest absolute Gasteiger partial charge is 0.122 e. The number of nitrogens with one attached hydrogen (secondary N) is 2. The van der Waals surface area contributed by atoms with Crippen molar-refractivity contribution in [1.82, 2.24) is 4.98 Å². The number of anilines is 1. The average Bonchev–Trinajstić information content (AvgIpc) is 3.13. The second-order valence-corrected chi connectivity index (χ2v) is 5.13. The standard InChI is InChI=1S/C17H16N2O/c1-2-13(15-6-8-18-16(15)3-1)11-19-14-4-5-17-12(10-14)7-9-20-17/h1-6,8,10,18-19H,7,9,11H2. The Morgan fingerprint density at radius 3 is 3.15 bits per heavy atom. The van der Waals surface area contributed by atoms with E-state index < -0.39 is 0 Å². The summed E-state index contributed by atoms with van der Waals surface area (Å²) in [6, 6.07) is 14.8. The Kier molecular flexibility index (Phi) is 2.62. The van der Waals surface area contributed by atoms with Gasteiger partial charge in [-0.2, -0.15) is 0 Å². The molecule has 0 bridgehead atoms. The van der Waals surface area contributed by atoms with Crippen molar-refractivity contribution in [3.05, 3.63) is 59.8 Å². The van der Waals surface area contributed by atoms with Gasteiger partial charge in [-0.3, -0.25) is 0 Å². The molecule has 3 nitrogen and oxygen atoms in total. The highest BCUT2D eigenvalue weighted by Gasteiger charge is 2.11. The Morgan fingerprint density at radius 1 is 1.15 bits per heavy atom. The maximum Gasteiger partial charge on any atom is 0.122 e. The Balaban J connectivity index is 1.57. The Labute approximate surface area is 117 Å². The van der Waals surface area contributed by atoms with Crippen molar-refractivity contribution < 1.29 is 4.74 Å². The first-order valence-corrected chi connectivity index (χ1v) is 6.95. The molecule has 0 saturated carbocycles. The summed E-state index contributed by atoms with van der Waals surface area (Å²) in [6.07, 6.45) is 3.00. The monoisotopic (exact) mass is 264 g/mol. The first-order valence-electron chi connectivity index (χ1n) is 6.95. The lowest BCUT2D eigenvalue weighted by molar-refractivity contribution is 0.357. The quantitative estimate of drug-likeness (QED) is 0.756. The van der Waals surface area contributed by atoms with Gasteiger partial charge in [0.2, 0.25) is 0 Å². The SMILES string of the molecule is c1cc(CNc2ccc3c(c2)CCO3)c2cc[nH]c2c1. The molecule has 4 rings (SSSR count). The van der Waals surface area contributed by atoms with Crippen LogP contribution in [0.4, 0.5) is 5.69 Å². The minimum absolute atomic E-state index is 0.807. The summed E-state index contributed by atoms with van der Waals surface area (Å²) in [5, 5.41) is 4.79. The molecule has 0 saturated heterocycles. The van der Waals surface area contributed by atoms with Gasteiger partial charge in [0.1, 0.15) is 5.75 Å². The van der Waals surface area contributed by atoms with Gasteiger partial charge in [0, 0.05) is 35.8 Å². The van der Waals surface area contributed by atoms with Gasteiger partial charge in [-0.05, 0) is 41.5 Å². The van der Waals surface area contributed by atoms with Crippen LogP contribution in [0.15, 0.2) is 48.7 Å². The number of rotatable bonds is 3. The van der Waals surface area contributed by atoms with Gasteiger partial charge in [-0.15, -0.1) is 0 Å². The third-order valence-corrected chi connectivity index (χ3v) is 3.86. The van der Waals surface area contributed by atoms with Crippen molar-refractivity contribution in [2.75, 3.05) is 11.9 Å². The van der Waals surface area contributed by atoms with Gasteiger partial charge < -0.3 is 15.0 Å². The highest BCUT2D eigenvalue weighted by atomic mass is 16.5. The van der Waals surface area contributed by atoms with E-state index in [2.05, 4.69) is 52.8 Å². The fourth-order valence-electron chi connectivity index (χ4n) is 2.80. The van der Waals surface area contributed by atoms with E-state index in [1.165, 1.54) is 22.0 Å². The molecule has 2 N–H and O–H groups in total. The van der Waals surface area contributed by atoms with Crippen LogP contribution in [0.2, 0.25) is 0 Å². The Morgan fingerprint density at radius 2 is 2.15 bits per heavy atom. The second kappa shape index (κ2) is 4.60. The number of hydrogen-bond acceptors (Lipinski definition) is 2. The largest absolute Gasteiger partial charge is 0.493 e. The van der Waals surface area contributed by atoms with E-state index in [0.717, 1.165) is 31.0 Å². The fourth-order valence-corrected chi connectivity index (χ4v) is 2.80. The first-order chi connectivity index (χ1) is 9.90. The van der Waals surface area contributed by atoms with Gasteiger partial charge >= 0.3 is 0 Å². The van der Waals surface area contributed by atoms with E-state index in [9.17, 15) is 0 Å². The maximum atomic E-state index is 5.53. The summed E-state index contributed by atoms with van der Waals surface area (Å²) in [6.45, 7) is 1.64. The Hall–Kier alpha value is -2.42. The molecule has 1 aliphatic rings. The summed E-state index contributed by atoms with van der Waals surface area (Å²) in [5.74, 6) is 1.03. The highest BCUT2D eigenvalue weighted by molar-refractivity contribution is 5.83. The molecule has 0 fully saturated rings. The summed E-state index contributed by atoms with van der Waals surface area (Å²) in [7, 11) is 0. The van der Waals surface area contributed by atoms with E-state index in [1.54, 1.807) is 0 Å². The molecular weight excluding hydrogens is 248 g/mol. The van der Waals surface area contributed by atoms with Gasteiger partial charge in [0.25, 0.3) is 0 Å². The van der Waals surface area contributed by atoms with Crippen LogP contribution in [-0.2, 0) is 13.0 Å². The number of fused-ring (bicyclic) bond motifs is 2. The molecule has 0 radical (unpaired) electrons. The number of aromatic amines is 1. The molecule has 1 aromatic heterocycles. The van der Waals surface area contributed by atoms with Gasteiger partial charge in [-0.25, -0.2) is 0 Å². The second-order valence-electron chi connectivity index (χ2n) is 5.13. The minimum atomic E-state index is 0.807. The fraction of sp³-hybridized carbons (Fsp3) is 0.176. The molecule has 0 spiro atoms. The molecule has 0 atom stereocenters. The number of H-pyrrole nitrogens is 1. The molecule has 20 heavy (non-hydrogen) atoms. The first kappa shape index (κ1) is 11.4. The van der Waals surface area contributed by atoms with Crippen molar-refractivity contribution >= 4 is 16.6 Å². The van der Waals surface area contributed by atoms with E-state index in [-0.39, 0.29) is 0 Å². The lowest BCUT2D eigenvalue weighted by Gasteiger charge is -2.09. The van der Waals surface area contributed by atoms with E-state index in [4.69, 9.17) is 4.74 Å². The van der Waals surface area contributed by atoms with Gasteiger partial charge in [0.05, 0.1) is 6.61 Å². The molecule has 3 heteroatoms. The molecule has 0 unspecified atom stereocenters. The molecule has 3 aromatic rings. The lowest BCUT2D eigenvalue weighted by Crippen LogP contribution is -2.00. The topological polar surface area (TPSA) is 37.0 Å². The molecular formula is C17H16N2O. The van der Waals surface area contributed by atoms with Crippen LogP contribution >= 0.6 is 0 Å². The van der Waals surface area contributed by atoms with Crippen LogP contribution < -0.4 is 10.1 Å². The maximum absolute atomic E-state index is 5.53. The minimum Gasteiger partial charge on any atom is -0.493 e. The molecule has 2 aromatic carbocycles. The summed E-state index contributed by atoms with van der Waals surface area (Å²) in [4.78, 5) is 3.25. The number of benzene rings is 2. The van der Waals surface area contributed by atoms with Gasteiger partial charge in [0.15, 0.2) is 0 Å². The number of aromatic nitrogens is 1. The molecule has 1 aliphatic heterocycles. The van der Waals surface area contributed by atoms with Crippen molar-refractivity contribution in [3.63, 3.8) is 0 Å². The van der Waals surface area contributed by atoms with Crippen LogP contribution in [-0.4, -0.2) is 11.6 Å². The normalized spacial score (nSPS) is 13.2. The van der Waals surface area contributed by atoms with Crippen molar-refractivity contribution in [1.29, 1.82) is 0 Å². The van der Waals surface area contributed by atoms with E-state index in [0.29, 0.717) is 0 Å². The number of ether oxygens (including phenoxy) is 1. The lowest BCUT2D eigenvalue weighted by atomic mass is 10.1. The number of hydrogen-bond donors (Lipinski definition) is 2. The third kappa shape index (κ3) is 1.92. The van der Waals surface area contributed by atoms with Gasteiger partial charge in [-0.1, -0.05) is 12.1 Å². The third-order valence-electron chi connectivity index (χ3n) is 3.86. The zero-order valence-corrected chi connectivity index (χ0v) is 11.1.